The van der Waals surface area contributed by atoms with Gasteiger partial charge in [-0.05, 0) is 75.3 Å². The highest BCUT2D eigenvalue weighted by molar-refractivity contribution is 7.14. The molecule has 3 fully saturated rings. The lowest BCUT2D eigenvalue weighted by molar-refractivity contribution is 0.0147. The van der Waals surface area contributed by atoms with Gasteiger partial charge >= 0.3 is 5.97 Å². The number of carboxylic acids is 1. The monoisotopic (exact) mass is 609 g/mol. The van der Waals surface area contributed by atoms with Crippen LogP contribution in [0.3, 0.4) is 0 Å². The predicted octanol–water partition coefficient (Wildman–Crippen LogP) is 8.37. The van der Waals surface area contributed by atoms with Crippen LogP contribution in [0.5, 0.6) is 0 Å². The molecule has 2 aromatic heterocycles. The highest BCUT2D eigenvalue weighted by atomic mass is 35.5. The van der Waals surface area contributed by atoms with Gasteiger partial charge in [-0.25, -0.2) is 9.78 Å². The number of thiazole rings is 1. The Morgan fingerprint density at radius 1 is 1.12 bits per heavy atom. The Kier molecular flexibility index (Phi) is 7.06. The Morgan fingerprint density at radius 2 is 1.85 bits per heavy atom. The Balaban J connectivity index is 1.07. The van der Waals surface area contributed by atoms with Gasteiger partial charge in [-0.3, -0.25) is 0 Å². The summed E-state index contributed by atoms with van der Waals surface area (Å²) in [7, 11) is 0. The molecule has 4 aromatic rings. The molecule has 1 N–H and O–H groups in total. The van der Waals surface area contributed by atoms with E-state index >= 15 is 0 Å². The van der Waals surface area contributed by atoms with Gasteiger partial charge in [0.05, 0.1) is 34.0 Å². The van der Waals surface area contributed by atoms with Crippen molar-refractivity contribution in [3.05, 3.63) is 74.3 Å². The normalized spacial score (nSPS) is 21.9. The molecule has 10 heteroatoms. The van der Waals surface area contributed by atoms with E-state index in [1.807, 2.05) is 31.2 Å². The molecule has 0 spiro atoms. The number of rotatable bonds is 8. The second-order valence-electron chi connectivity index (χ2n) is 11.3. The van der Waals surface area contributed by atoms with Crippen LogP contribution in [0.1, 0.15) is 71.7 Å². The van der Waals surface area contributed by atoms with Gasteiger partial charge in [0.15, 0.2) is 5.13 Å². The molecule has 3 aliphatic rings. The molecule has 7 rings (SSSR count). The number of carbonyl (C=O) groups is 1. The van der Waals surface area contributed by atoms with Gasteiger partial charge in [-0.15, -0.1) is 11.3 Å². The van der Waals surface area contributed by atoms with E-state index in [0.717, 1.165) is 71.8 Å². The van der Waals surface area contributed by atoms with E-state index in [4.69, 9.17) is 37.4 Å². The molecule has 1 aliphatic carbocycles. The van der Waals surface area contributed by atoms with Crippen molar-refractivity contribution in [2.75, 3.05) is 4.90 Å². The number of anilines is 1. The summed E-state index contributed by atoms with van der Waals surface area (Å²) < 4.78 is 12.4. The summed E-state index contributed by atoms with van der Waals surface area (Å²) in [6, 6.07) is 11.4. The van der Waals surface area contributed by atoms with Crippen molar-refractivity contribution in [1.29, 1.82) is 0 Å². The number of aromatic nitrogens is 2. The third-order valence-electron chi connectivity index (χ3n) is 8.58. The third kappa shape index (κ3) is 5.05. The van der Waals surface area contributed by atoms with Gasteiger partial charge in [0.2, 0.25) is 0 Å². The number of aromatic carboxylic acids is 1. The molecule has 2 bridgehead atoms. The smallest absolute Gasteiger partial charge is 0.335 e. The SMILES string of the molecule is Cc1cc(C(=O)O)ccc1-c1csc(N2[C@@H]3CC[C@H]2C[C@@H](OCc2c(-c4c(Cl)cccc4Cl)noc2C2CC2)C3)n1. The van der Waals surface area contributed by atoms with Gasteiger partial charge in [0.1, 0.15) is 11.5 Å². The first-order chi connectivity index (χ1) is 19.9. The number of halogens is 2. The largest absolute Gasteiger partial charge is 0.478 e. The van der Waals surface area contributed by atoms with Crippen LogP contribution >= 0.6 is 34.5 Å². The van der Waals surface area contributed by atoms with Crippen molar-refractivity contribution in [3.8, 4) is 22.5 Å². The van der Waals surface area contributed by atoms with Crippen molar-refractivity contribution in [1.82, 2.24) is 10.1 Å². The van der Waals surface area contributed by atoms with Crippen molar-refractivity contribution in [2.45, 2.75) is 76.2 Å². The summed E-state index contributed by atoms with van der Waals surface area (Å²) in [5.41, 5.74) is 5.41. The van der Waals surface area contributed by atoms with Crippen LogP contribution in [0, 0.1) is 6.92 Å². The van der Waals surface area contributed by atoms with E-state index in [-0.39, 0.29) is 6.10 Å². The van der Waals surface area contributed by atoms with Crippen molar-refractivity contribution < 1.29 is 19.2 Å². The molecule has 2 saturated heterocycles. The van der Waals surface area contributed by atoms with Crippen LogP contribution in [-0.4, -0.2) is 39.4 Å². The molecule has 7 nitrogen and oxygen atoms in total. The molecule has 2 aliphatic heterocycles. The molecule has 0 radical (unpaired) electrons. The summed E-state index contributed by atoms with van der Waals surface area (Å²) >= 11 is 14.7. The molecule has 2 aromatic carbocycles. The van der Waals surface area contributed by atoms with Crippen LogP contribution in [0.4, 0.5) is 5.13 Å². The fourth-order valence-corrected chi connectivity index (χ4v) is 7.96. The van der Waals surface area contributed by atoms with Gasteiger partial charge in [-0.1, -0.05) is 40.5 Å². The fourth-order valence-electron chi connectivity index (χ4n) is 6.42. The summed E-state index contributed by atoms with van der Waals surface area (Å²) in [6.45, 7) is 2.35. The zero-order chi connectivity index (χ0) is 28.2. The number of carboxylic acid groups (broad SMARTS) is 1. The van der Waals surface area contributed by atoms with Gasteiger partial charge in [0, 0.05) is 40.1 Å². The van der Waals surface area contributed by atoms with Crippen LogP contribution in [-0.2, 0) is 11.3 Å². The number of aryl methyl sites for hydroxylation is 1. The number of nitrogens with zero attached hydrogens (tertiary/aromatic N) is 3. The average molecular weight is 611 g/mol. The van der Waals surface area contributed by atoms with Gasteiger partial charge in [-0.2, -0.15) is 0 Å². The van der Waals surface area contributed by atoms with E-state index in [1.54, 1.807) is 23.5 Å². The van der Waals surface area contributed by atoms with Crippen LogP contribution in [0.15, 0.2) is 46.3 Å². The quantitative estimate of drug-likeness (QED) is 0.214. The minimum absolute atomic E-state index is 0.130. The Hall–Kier alpha value is -2.91. The molecule has 0 amide bonds. The molecule has 0 unspecified atom stereocenters. The third-order valence-corrected chi connectivity index (χ3v) is 10.1. The van der Waals surface area contributed by atoms with E-state index in [1.165, 1.54) is 0 Å². The minimum Gasteiger partial charge on any atom is -0.478 e. The summed E-state index contributed by atoms with van der Waals surface area (Å²) in [6.07, 6.45) is 6.43. The average Bonchev–Trinajstić information content (AvgIpc) is 3.42. The maximum atomic E-state index is 11.3. The Bertz CT molecular complexity index is 1600. The second kappa shape index (κ2) is 10.7. The highest BCUT2D eigenvalue weighted by Crippen LogP contribution is 2.47. The fraction of sp³-hybridized carbons (Fsp3) is 0.387. The predicted molar refractivity (Wildman–Crippen MR) is 160 cm³/mol. The summed E-state index contributed by atoms with van der Waals surface area (Å²) in [5, 5.41) is 17.9. The highest BCUT2D eigenvalue weighted by Gasteiger charge is 2.43. The lowest BCUT2D eigenvalue weighted by Gasteiger charge is -2.38. The molecular formula is C31H29Cl2N3O4S. The van der Waals surface area contributed by atoms with Crippen molar-refractivity contribution >= 4 is 45.6 Å². The number of piperidine rings is 1. The lowest BCUT2D eigenvalue weighted by Crippen LogP contribution is -2.45. The first-order valence-corrected chi connectivity index (χ1v) is 15.6. The molecule has 41 heavy (non-hydrogen) atoms. The number of fused-ring (bicyclic) bond motifs is 2. The van der Waals surface area contributed by atoms with E-state index in [0.29, 0.717) is 51.5 Å². The first kappa shape index (κ1) is 27.0. The lowest BCUT2D eigenvalue weighted by atomic mass is 10.00. The number of hydrogen-bond donors (Lipinski definition) is 1. The van der Waals surface area contributed by atoms with Crippen molar-refractivity contribution in [2.24, 2.45) is 0 Å². The van der Waals surface area contributed by atoms with E-state index < -0.39 is 5.97 Å². The number of benzene rings is 2. The van der Waals surface area contributed by atoms with Crippen LogP contribution < -0.4 is 4.90 Å². The number of ether oxygens (including phenoxy) is 1. The first-order valence-electron chi connectivity index (χ1n) is 14.0. The zero-order valence-corrected chi connectivity index (χ0v) is 24.8. The minimum atomic E-state index is -0.919. The Morgan fingerprint density at radius 3 is 2.51 bits per heavy atom. The molecule has 4 heterocycles. The van der Waals surface area contributed by atoms with Crippen molar-refractivity contribution in [3.63, 3.8) is 0 Å². The second-order valence-corrected chi connectivity index (χ2v) is 12.9. The summed E-state index contributed by atoms with van der Waals surface area (Å²) in [4.78, 5) is 18.8. The topological polar surface area (TPSA) is 88.7 Å². The maximum Gasteiger partial charge on any atom is 0.335 e. The van der Waals surface area contributed by atoms with Gasteiger partial charge in [0.25, 0.3) is 0 Å². The van der Waals surface area contributed by atoms with E-state index in [2.05, 4.69) is 15.4 Å². The zero-order valence-electron chi connectivity index (χ0n) is 22.5. The molecule has 3 atom stereocenters. The number of hydrogen-bond acceptors (Lipinski definition) is 7. The Labute approximate surface area is 252 Å². The van der Waals surface area contributed by atoms with E-state index in [9.17, 15) is 9.90 Å². The van der Waals surface area contributed by atoms with Crippen LogP contribution in [0.25, 0.3) is 22.5 Å². The van der Waals surface area contributed by atoms with Crippen LogP contribution in [0.2, 0.25) is 10.0 Å². The molecule has 212 valence electrons. The van der Waals surface area contributed by atoms with Gasteiger partial charge < -0.3 is 19.3 Å². The summed E-state index contributed by atoms with van der Waals surface area (Å²) in [5.74, 6) is 0.368. The maximum absolute atomic E-state index is 11.3. The standard InChI is InChI=1S/C31H29Cl2N3O4S/c1-16-11-18(30(37)38)7-10-22(16)26-15-41-31(34-26)36-19-8-9-20(36)13-21(12-19)39-14-23-28(35-40-29(23)17-5-6-17)27-24(32)3-2-4-25(27)33/h2-4,7,10-11,15,17,19-21H,5-6,8-9,12-14H2,1H3,(H,37,38)/t19-,20+,21+. The molecule has 1 saturated carbocycles. The molecular weight excluding hydrogens is 581 g/mol.